The van der Waals surface area contributed by atoms with Crippen LogP contribution in [0, 0.1) is 11.3 Å². The molecule has 98 valence electrons. The zero-order valence-corrected chi connectivity index (χ0v) is 10.7. The fourth-order valence-electron chi connectivity index (χ4n) is 1.37. The summed E-state index contributed by atoms with van der Waals surface area (Å²) in [5, 5.41) is 20.8. The van der Waals surface area contributed by atoms with Crippen LogP contribution in [0.2, 0.25) is 0 Å². The number of hydrogen-bond acceptors (Lipinski definition) is 4. The van der Waals surface area contributed by atoms with E-state index in [2.05, 4.69) is 5.32 Å². The maximum absolute atomic E-state index is 12.2. The first-order valence-corrected chi connectivity index (χ1v) is 6.44. The monoisotopic (exact) mass is 272 g/mol. The van der Waals surface area contributed by atoms with Crippen LogP contribution in [-0.2, 0) is 0 Å². The number of alkyl halides is 2. The van der Waals surface area contributed by atoms with Crippen LogP contribution < -0.4 is 5.32 Å². The van der Waals surface area contributed by atoms with Crippen LogP contribution in [0.5, 0.6) is 0 Å². The van der Waals surface area contributed by atoms with Crippen LogP contribution in [0.25, 0.3) is 0 Å². The van der Waals surface area contributed by atoms with E-state index in [-0.39, 0.29) is 6.54 Å². The molecule has 1 unspecified atom stereocenters. The Labute approximate surface area is 109 Å². The van der Waals surface area contributed by atoms with Gasteiger partial charge in [-0.05, 0) is 17.9 Å². The molecular weight excluding hydrogens is 258 g/mol. The van der Waals surface area contributed by atoms with Crippen LogP contribution in [0.1, 0.15) is 12.5 Å². The van der Waals surface area contributed by atoms with E-state index in [4.69, 9.17) is 10.4 Å². The first-order chi connectivity index (χ1) is 8.60. The van der Waals surface area contributed by atoms with E-state index in [9.17, 15) is 8.78 Å². The molecule has 0 heterocycles. The number of aliphatic hydroxyl groups is 1. The standard InChI is InChI=1S/C12H14F2N2OS/c1-2-18-11-5-3-4-9(8(11)6-15)16-7-10(17)12(13)14/h3-5,10,12,16-17H,2,7H2,1H3. The highest BCUT2D eigenvalue weighted by Gasteiger charge is 2.17. The summed E-state index contributed by atoms with van der Waals surface area (Å²) in [5.41, 5.74) is 0.890. The Hall–Kier alpha value is -1.32. The lowest BCUT2D eigenvalue weighted by Crippen LogP contribution is -2.27. The van der Waals surface area contributed by atoms with Crippen molar-refractivity contribution in [2.75, 3.05) is 17.6 Å². The molecule has 1 atom stereocenters. The maximum atomic E-state index is 12.2. The van der Waals surface area contributed by atoms with Gasteiger partial charge in [-0.2, -0.15) is 5.26 Å². The summed E-state index contributed by atoms with van der Waals surface area (Å²) in [5.74, 6) is 0.817. The molecule has 0 fully saturated rings. The Morgan fingerprint density at radius 1 is 1.50 bits per heavy atom. The van der Waals surface area contributed by atoms with Crippen molar-refractivity contribution in [1.82, 2.24) is 0 Å². The Bertz CT molecular complexity index is 435. The number of halogens is 2. The predicted octanol–water partition coefficient (Wildman–Crippen LogP) is 2.71. The third kappa shape index (κ3) is 3.86. The fourth-order valence-corrected chi connectivity index (χ4v) is 2.16. The van der Waals surface area contributed by atoms with E-state index in [1.165, 1.54) is 11.8 Å². The van der Waals surface area contributed by atoms with Crippen molar-refractivity contribution in [1.29, 1.82) is 5.26 Å². The van der Waals surface area contributed by atoms with Gasteiger partial charge in [0.25, 0.3) is 6.43 Å². The lowest BCUT2D eigenvalue weighted by molar-refractivity contribution is 0.00384. The number of anilines is 1. The molecule has 0 aliphatic carbocycles. The van der Waals surface area contributed by atoms with Crippen LogP contribution >= 0.6 is 11.8 Å². The predicted molar refractivity (Wildman–Crippen MR) is 68.1 cm³/mol. The molecule has 1 aromatic rings. The molecule has 2 N–H and O–H groups in total. The Morgan fingerprint density at radius 3 is 2.78 bits per heavy atom. The largest absolute Gasteiger partial charge is 0.385 e. The molecule has 0 saturated heterocycles. The van der Waals surface area contributed by atoms with Gasteiger partial charge in [-0.3, -0.25) is 0 Å². The zero-order chi connectivity index (χ0) is 13.5. The highest BCUT2D eigenvalue weighted by Crippen LogP contribution is 2.27. The minimum atomic E-state index is -2.80. The molecule has 0 aromatic heterocycles. The van der Waals surface area contributed by atoms with Crippen molar-refractivity contribution in [2.24, 2.45) is 0 Å². The van der Waals surface area contributed by atoms with Gasteiger partial charge in [-0.25, -0.2) is 8.78 Å². The number of thioether (sulfide) groups is 1. The van der Waals surface area contributed by atoms with Crippen LogP contribution in [0.15, 0.2) is 23.1 Å². The highest BCUT2D eigenvalue weighted by atomic mass is 32.2. The van der Waals surface area contributed by atoms with Gasteiger partial charge in [0.15, 0.2) is 0 Å². The Kier molecular flexibility index (Phi) is 5.89. The summed E-state index contributed by atoms with van der Waals surface area (Å²) < 4.78 is 24.3. The van der Waals surface area contributed by atoms with Gasteiger partial charge in [0.2, 0.25) is 0 Å². The minimum Gasteiger partial charge on any atom is -0.385 e. The third-order valence-corrected chi connectivity index (χ3v) is 3.17. The second-order valence-corrected chi connectivity index (χ2v) is 4.81. The van der Waals surface area contributed by atoms with Crippen molar-refractivity contribution in [2.45, 2.75) is 24.3 Å². The lowest BCUT2D eigenvalue weighted by Gasteiger charge is -2.14. The highest BCUT2D eigenvalue weighted by molar-refractivity contribution is 7.99. The number of rotatable bonds is 6. The van der Waals surface area contributed by atoms with Gasteiger partial charge >= 0.3 is 0 Å². The average Bonchev–Trinajstić information content (AvgIpc) is 2.36. The smallest absolute Gasteiger partial charge is 0.265 e. The molecule has 3 nitrogen and oxygen atoms in total. The van der Waals surface area contributed by atoms with Gasteiger partial charge in [0.1, 0.15) is 12.2 Å². The van der Waals surface area contributed by atoms with Gasteiger partial charge in [0, 0.05) is 11.4 Å². The Morgan fingerprint density at radius 2 is 2.22 bits per heavy atom. The topological polar surface area (TPSA) is 56.0 Å². The van der Waals surface area contributed by atoms with Crippen LogP contribution in [0.3, 0.4) is 0 Å². The van der Waals surface area contributed by atoms with E-state index in [0.29, 0.717) is 11.3 Å². The summed E-state index contributed by atoms with van der Waals surface area (Å²) in [6, 6.07) is 7.24. The molecule has 18 heavy (non-hydrogen) atoms. The fraction of sp³-hybridized carbons (Fsp3) is 0.417. The SMILES string of the molecule is CCSc1cccc(NCC(O)C(F)F)c1C#N. The quantitative estimate of drug-likeness (QED) is 0.782. The molecule has 0 radical (unpaired) electrons. The van der Waals surface area contributed by atoms with Gasteiger partial charge in [-0.1, -0.05) is 13.0 Å². The molecule has 0 saturated carbocycles. The summed E-state index contributed by atoms with van der Waals surface area (Å²) in [7, 11) is 0. The van der Waals surface area contributed by atoms with Crippen LogP contribution in [-0.4, -0.2) is 29.9 Å². The first-order valence-electron chi connectivity index (χ1n) is 5.46. The number of aliphatic hydroxyl groups excluding tert-OH is 1. The van der Waals surface area contributed by atoms with E-state index >= 15 is 0 Å². The average molecular weight is 272 g/mol. The van der Waals surface area contributed by atoms with Crippen molar-refractivity contribution in [3.05, 3.63) is 23.8 Å². The molecule has 0 bridgehead atoms. The number of nitriles is 1. The molecule has 0 aliphatic heterocycles. The Balaban J connectivity index is 2.83. The second kappa shape index (κ2) is 7.19. The van der Waals surface area contributed by atoms with Crippen molar-refractivity contribution in [3.8, 4) is 6.07 Å². The molecule has 1 aromatic carbocycles. The number of nitrogens with one attached hydrogen (secondary N) is 1. The van der Waals surface area contributed by atoms with E-state index in [1.54, 1.807) is 18.2 Å². The van der Waals surface area contributed by atoms with Crippen molar-refractivity contribution < 1.29 is 13.9 Å². The summed E-state index contributed by atoms with van der Waals surface area (Å²) in [4.78, 5) is 0.802. The minimum absolute atomic E-state index is 0.285. The summed E-state index contributed by atoms with van der Waals surface area (Å²) in [6.45, 7) is 1.68. The van der Waals surface area contributed by atoms with Gasteiger partial charge in [-0.15, -0.1) is 11.8 Å². The first kappa shape index (κ1) is 14.7. The molecule has 6 heteroatoms. The van der Waals surface area contributed by atoms with E-state index in [1.807, 2.05) is 13.0 Å². The number of nitrogens with zero attached hydrogens (tertiary/aromatic N) is 1. The second-order valence-electron chi connectivity index (χ2n) is 3.51. The summed E-state index contributed by atoms with van der Waals surface area (Å²) >= 11 is 1.51. The molecule has 0 aliphatic rings. The van der Waals surface area contributed by atoms with E-state index in [0.717, 1.165) is 10.6 Å². The molecule has 0 spiro atoms. The van der Waals surface area contributed by atoms with Crippen molar-refractivity contribution >= 4 is 17.4 Å². The van der Waals surface area contributed by atoms with Crippen LogP contribution in [0.4, 0.5) is 14.5 Å². The molecular formula is C12H14F2N2OS. The van der Waals surface area contributed by atoms with Gasteiger partial charge in [0.05, 0.1) is 11.3 Å². The summed E-state index contributed by atoms with van der Waals surface area (Å²) in [6.07, 6.45) is -4.53. The molecule has 0 amide bonds. The normalized spacial score (nSPS) is 12.2. The number of benzene rings is 1. The number of hydrogen-bond donors (Lipinski definition) is 2. The zero-order valence-electron chi connectivity index (χ0n) is 9.86. The maximum Gasteiger partial charge on any atom is 0.265 e. The van der Waals surface area contributed by atoms with E-state index < -0.39 is 12.5 Å². The van der Waals surface area contributed by atoms with Crippen molar-refractivity contribution in [3.63, 3.8) is 0 Å². The van der Waals surface area contributed by atoms with Gasteiger partial charge < -0.3 is 10.4 Å². The molecule has 1 rings (SSSR count). The third-order valence-electron chi connectivity index (χ3n) is 2.23. The lowest BCUT2D eigenvalue weighted by atomic mass is 10.2.